The largest absolute Gasteiger partial charge is 0.468 e. The number of nitrogens with zero attached hydrogens (tertiary/aromatic N) is 1. The molecule has 0 saturated heterocycles. The normalized spacial score (nSPS) is 12.6. The molecule has 1 atom stereocenters. The van der Waals surface area contributed by atoms with E-state index in [1.807, 2.05) is 30.3 Å². The van der Waals surface area contributed by atoms with Crippen LogP contribution >= 0.6 is 11.3 Å². The van der Waals surface area contributed by atoms with E-state index in [1.165, 1.54) is 9.75 Å². The molecule has 0 saturated carbocycles. The van der Waals surface area contributed by atoms with Gasteiger partial charge in [0.1, 0.15) is 5.76 Å². The molecule has 3 aromatic rings. The Kier molecular flexibility index (Phi) is 5.86. The molecule has 1 N–H and O–H groups in total. The van der Waals surface area contributed by atoms with Crippen molar-refractivity contribution in [1.29, 1.82) is 0 Å². The molecule has 0 aliphatic rings. The van der Waals surface area contributed by atoms with Gasteiger partial charge in [0.25, 0.3) is 0 Å². The molecule has 0 spiro atoms. The molecule has 126 valence electrons. The summed E-state index contributed by atoms with van der Waals surface area (Å²) >= 11 is 1.81. The maximum atomic E-state index is 10.5. The maximum Gasteiger partial charge on any atom is 0.117 e. The average molecular weight is 341 g/mol. The Bertz CT molecular complexity index is 721. The van der Waals surface area contributed by atoms with Crippen molar-refractivity contribution >= 4 is 11.3 Å². The Balaban J connectivity index is 1.64. The zero-order valence-corrected chi connectivity index (χ0v) is 14.7. The number of thiophene rings is 1. The van der Waals surface area contributed by atoms with Crippen molar-refractivity contribution in [2.45, 2.75) is 32.5 Å². The van der Waals surface area contributed by atoms with Crippen LogP contribution in [0.4, 0.5) is 0 Å². The van der Waals surface area contributed by atoms with Gasteiger partial charge in [0.2, 0.25) is 0 Å². The summed E-state index contributed by atoms with van der Waals surface area (Å²) in [5, 5.41) is 10.5. The van der Waals surface area contributed by atoms with Gasteiger partial charge in [-0.1, -0.05) is 30.3 Å². The van der Waals surface area contributed by atoms with Crippen molar-refractivity contribution in [1.82, 2.24) is 4.90 Å². The Morgan fingerprint density at radius 1 is 1.04 bits per heavy atom. The topological polar surface area (TPSA) is 36.6 Å². The molecule has 2 heterocycles. The Morgan fingerprint density at radius 2 is 1.88 bits per heavy atom. The monoisotopic (exact) mass is 341 g/mol. The van der Waals surface area contributed by atoms with Gasteiger partial charge in [-0.3, -0.25) is 4.90 Å². The third kappa shape index (κ3) is 5.06. The van der Waals surface area contributed by atoms with Crippen LogP contribution in [0.25, 0.3) is 0 Å². The number of rotatable bonds is 8. The second-order valence-corrected chi connectivity index (χ2v) is 7.48. The highest BCUT2D eigenvalue weighted by molar-refractivity contribution is 7.11. The van der Waals surface area contributed by atoms with Gasteiger partial charge in [0.15, 0.2) is 0 Å². The predicted octanol–water partition coefficient (Wildman–Crippen LogP) is 4.26. The fourth-order valence-electron chi connectivity index (χ4n) is 2.85. The molecule has 24 heavy (non-hydrogen) atoms. The second kappa shape index (κ2) is 8.29. The number of hydrogen-bond acceptors (Lipinski definition) is 4. The molecule has 0 radical (unpaired) electrons. The van der Waals surface area contributed by atoms with Crippen LogP contribution < -0.4 is 0 Å². The van der Waals surface area contributed by atoms with Gasteiger partial charge in [0.05, 0.1) is 18.9 Å². The smallest absolute Gasteiger partial charge is 0.117 e. The summed E-state index contributed by atoms with van der Waals surface area (Å²) in [5.74, 6) is 0.926. The molecule has 0 fully saturated rings. The summed E-state index contributed by atoms with van der Waals surface area (Å²) in [5.41, 5.74) is 1.16. The van der Waals surface area contributed by atoms with E-state index in [1.54, 1.807) is 17.6 Å². The first kappa shape index (κ1) is 17.0. The number of hydrogen-bond donors (Lipinski definition) is 1. The van der Waals surface area contributed by atoms with Crippen molar-refractivity contribution in [2.24, 2.45) is 0 Å². The van der Waals surface area contributed by atoms with Crippen LogP contribution in [0.3, 0.4) is 0 Å². The lowest BCUT2D eigenvalue weighted by molar-refractivity contribution is 0.101. The van der Waals surface area contributed by atoms with E-state index in [9.17, 15) is 5.11 Å². The Labute approximate surface area is 147 Å². The Morgan fingerprint density at radius 3 is 2.54 bits per heavy atom. The summed E-state index contributed by atoms with van der Waals surface area (Å²) < 4.78 is 5.49. The van der Waals surface area contributed by atoms with Crippen molar-refractivity contribution in [3.8, 4) is 0 Å². The van der Waals surface area contributed by atoms with E-state index in [0.717, 1.165) is 17.9 Å². The van der Waals surface area contributed by atoms with Gasteiger partial charge in [0, 0.05) is 22.8 Å². The highest BCUT2D eigenvalue weighted by atomic mass is 32.1. The van der Waals surface area contributed by atoms with E-state index in [0.29, 0.717) is 19.5 Å². The number of aliphatic hydroxyl groups is 1. The third-order valence-electron chi connectivity index (χ3n) is 3.92. The van der Waals surface area contributed by atoms with Crippen molar-refractivity contribution in [2.75, 3.05) is 6.54 Å². The molecule has 0 amide bonds. The lowest BCUT2D eigenvalue weighted by atomic mass is 10.1. The first-order valence-corrected chi connectivity index (χ1v) is 9.03. The van der Waals surface area contributed by atoms with E-state index >= 15 is 0 Å². The zero-order valence-electron chi connectivity index (χ0n) is 13.9. The van der Waals surface area contributed by atoms with Gasteiger partial charge in [-0.25, -0.2) is 0 Å². The molecule has 0 unspecified atom stereocenters. The standard InChI is InChI=1S/C20H23NO2S/c1-16-9-10-20(24-16)15-21(14-19-8-5-11-23-19)13-18(22)12-17-6-3-2-4-7-17/h2-11,18,22H,12-15H2,1H3/t18-/m0/s1. The summed E-state index contributed by atoms with van der Waals surface area (Å²) in [6.07, 6.45) is 1.96. The number of aryl methyl sites for hydroxylation is 1. The van der Waals surface area contributed by atoms with Gasteiger partial charge in [-0.2, -0.15) is 0 Å². The van der Waals surface area contributed by atoms with Crippen molar-refractivity contribution < 1.29 is 9.52 Å². The van der Waals surface area contributed by atoms with E-state index in [-0.39, 0.29) is 0 Å². The average Bonchev–Trinajstić information content (AvgIpc) is 3.20. The van der Waals surface area contributed by atoms with Gasteiger partial charge in [-0.05, 0) is 43.2 Å². The molecular formula is C20H23NO2S. The minimum absolute atomic E-state index is 0.400. The summed E-state index contributed by atoms with van der Waals surface area (Å²) in [6, 6.07) is 18.3. The first-order valence-electron chi connectivity index (χ1n) is 8.21. The molecule has 0 aliphatic heterocycles. The van der Waals surface area contributed by atoms with E-state index in [2.05, 4.69) is 36.1 Å². The lowest BCUT2D eigenvalue weighted by Crippen LogP contribution is -2.32. The van der Waals surface area contributed by atoms with Crippen LogP contribution in [0.5, 0.6) is 0 Å². The van der Waals surface area contributed by atoms with Crippen LogP contribution in [0.1, 0.15) is 21.1 Å². The van der Waals surface area contributed by atoms with E-state index in [4.69, 9.17) is 4.42 Å². The predicted molar refractivity (Wildman–Crippen MR) is 98.0 cm³/mol. The molecule has 0 bridgehead atoms. The fourth-order valence-corrected chi connectivity index (χ4v) is 3.78. The maximum absolute atomic E-state index is 10.5. The Hall–Kier alpha value is -1.88. The van der Waals surface area contributed by atoms with Crippen molar-refractivity contribution in [3.63, 3.8) is 0 Å². The van der Waals surface area contributed by atoms with E-state index < -0.39 is 6.10 Å². The third-order valence-corrected chi connectivity index (χ3v) is 4.90. The molecule has 0 aliphatic carbocycles. The summed E-state index contributed by atoms with van der Waals surface area (Å²) in [7, 11) is 0. The molecule has 4 heteroatoms. The SMILES string of the molecule is Cc1ccc(CN(Cc2ccco2)C[C@@H](O)Cc2ccccc2)s1. The van der Waals surface area contributed by atoms with Gasteiger partial charge >= 0.3 is 0 Å². The molecule has 3 rings (SSSR count). The van der Waals surface area contributed by atoms with Crippen LogP contribution in [-0.4, -0.2) is 22.7 Å². The van der Waals surface area contributed by atoms with Crippen LogP contribution in [0.15, 0.2) is 65.3 Å². The lowest BCUT2D eigenvalue weighted by Gasteiger charge is -2.24. The van der Waals surface area contributed by atoms with Crippen LogP contribution in [0.2, 0.25) is 0 Å². The van der Waals surface area contributed by atoms with Gasteiger partial charge in [-0.15, -0.1) is 11.3 Å². The van der Waals surface area contributed by atoms with Gasteiger partial charge < -0.3 is 9.52 Å². The summed E-state index contributed by atoms with van der Waals surface area (Å²) in [6.45, 7) is 4.27. The number of benzene rings is 1. The first-order chi connectivity index (χ1) is 11.7. The quantitative estimate of drug-likeness (QED) is 0.665. The zero-order chi connectivity index (χ0) is 16.8. The molecule has 3 nitrogen and oxygen atoms in total. The second-order valence-electron chi connectivity index (χ2n) is 6.10. The molecular weight excluding hydrogens is 318 g/mol. The van der Waals surface area contributed by atoms with Crippen LogP contribution in [0, 0.1) is 6.92 Å². The molecule has 1 aromatic carbocycles. The van der Waals surface area contributed by atoms with Crippen LogP contribution in [-0.2, 0) is 19.5 Å². The number of furan rings is 1. The minimum Gasteiger partial charge on any atom is -0.468 e. The molecule has 2 aromatic heterocycles. The fraction of sp³-hybridized carbons (Fsp3) is 0.300. The number of aliphatic hydroxyl groups excluding tert-OH is 1. The highest BCUT2D eigenvalue weighted by Gasteiger charge is 2.15. The summed E-state index contributed by atoms with van der Waals surface area (Å²) in [4.78, 5) is 4.87. The van der Waals surface area contributed by atoms with Crippen molar-refractivity contribution in [3.05, 3.63) is 81.9 Å². The minimum atomic E-state index is -0.400. The highest BCUT2D eigenvalue weighted by Crippen LogP contribution is 2.19.